The maximum atomic E-state index is 11.7. The number of rotatable bonds is 5. The van der Waals surface area contributed by atoms with Crippen molar-refractivity contribution < 1.29 is 9.53 Å². The zero-order valence-electron chi connectivity index (χ0n) is 11.9. The van der Waals surface area contributed by atoms with Gasteiger partial charge in [-0.25, -0.2) is 0 Å². The number of hydrogen-bond acceptors (Lipinski definition) is 2. The summed E-state index contributed by atoms with van der Waals surface area (Å²) < 4.78 is 5.96. The van der Waals surface area contributed by atoms with E-state index in [2.05, 4.69) is 17.4 Å². The van der Waals surface area contributed by atoms with Crippen molar-refractivity contribution in [2.24, 2.45) is 0 Å². The number of benzene rings is 2. The van der Waals surface area contributed by atoms with Crippen LogP contribution >= 0.6 is 0 Å². The van der Waals surface area contributed by atoms with Gasteiger partial charge >= 0.3 is 0 Å². The summed E-state index contributed by atoms with van der Waals surface area (Å²) in [5, 5.41) is 3.02. The van der Waals surface area contributed by atoms with Crippen molar-refractivity contribution in [3.63, 3.8) is 0 Å². The lowest BCUT2D eigenvalue weighted by atomic mass is 10.0. The lowest BCUT2D eigenvalue weighted by Gasteiger charge is -2.19. The molecule has 0 saturated carbocycles. The van der Waals surface area contributed by atoms with Crippen LogP contribution in [0.2, 0.25) is 0 Å². The molecule has 1 fully saturated rings. The predicted octanol–water partition coefficient (Wildman–Crippen LogP) is 2.70. The first-order chi connectivity index (χ1) is 10.3. The van der Waals surface area contributed by atoms with Crippen LogP contribution in [0.3, 0.4) is 0 Å². The average Bonchev–Trinajstić information content (AvgIpc) is 2.87. The molecule has 21 heavy (non-hydrogen) atoms. The maximum absolute atomic E-state index is 11.7. The SMILES string of the molecule is O=C1C[C@@H](OCc2ccccc2)[C@H](Cc2ccccc2)N1. The van der Waals surface area contributed by atoms with Gasteiger partial charge in [0, 0.05) is 0 Å². The molecule has 1 aliphatic rings. The van der Waals surface area contributed by atoms with Crippen LogP contribution in [0.25, 0.3) is 0 Å². The van der Waals surface area contributed by atoms with Gasteiger partial charge in [0.2, 0.25) is 5.91 Å². The molecule has 0 unspecified atom stereocenters. The van der Waals surface area contributed by atoms with E-state index < -0.39 is 0 Å². The molecule has 0 radical (unpaired) electrons. The fraction of sp³-hybridized carbons (Fsp3) is 0.278. The van der Waals surface area contributed by atoms with Crippen molar-refractivity contribution in [2.45, 2.75) is 31.6 Å². The Labute approximate surface area is 124 Å². The predicted molar refractivity (Wildman–Crippen MR) is 81.7 cm³/mol. The van der Waals surface area contributed by atoms with Crippen molar-refractivity contribution in [2.75, 3.05) is 0 Å². The molecule has 0 bridgehead atoms. The second kappa shape index (κ2) is 6.55. The molecule has 3 nitrogen and oxygen atoms in total. The van der Waals surface area contributed by atoms with Crippen LogP contribution in [0, 0.1) is 0 Å². The maximum Gasteiger partial charge on any atom is 0.223 e. The normalized spacial score (nSPS) is 21.2. The number of ether oxygens (including phenoxy) is 1. The minimum atomic E-state index is -0.0575. The molecular weight excluding hydrogens is 262 g/mol. The highest BCUT2D eigenvalue weighted by atomic mass is 16.5. The lowest BCUT2D eigenvalue weighted by molar-refractivity contribution is -0.119. The van der Waals surface area contributed by atoms with Crippen molar-refractivity contribution in [1.29, 1.82) is 0 Å². The zero-order valence-corrected chi connectivity index (χ0v) is 11.9. The van der Waals surface area contributed by atoms with E-state index in [1.165, 1.54) is 5.56 Å². The van der Waals surface area contributed by atoms with Gasteiger partial charge < -0.3 is 10.1 Å². The summed E-state index contributed by atoms with van der Waals surface area (Å²) >= 11 is 0. The summed E-state index contributed by atoms with van der Waals surface area (Å²) in [4.78, 5) is 11.7. The molecule has 0 spiro atoms. The summed E-state index contributed by atoms with van der Waals surface area (Å²) in [6.07, 6.45) is 1.20. The first kappa shape index (κ1) is 13.8. The molecule has 1 N–H and O–H groups in total. The van der Waals surface area contributed by atoms with Crippen molar-refractivity contribution >= 4 is 5.91 Å². The molecule has 3 heteroatoms. The van der Waals surface area contributed by atoms with Crippen molar-refractivity contribution in [3.8, 4) is 0 Å². The van der Waals surface area contributed by atoms with E-state index in [9.17, 15) is 4.79 Å². The minimum Gasteiger partial charge on any atom is -0.371 e. The summed E-state index contributed by atoms with van der Waals surface area (Å²) in [7, 11) is 0. The van der Waals surface area contributed by atoms with Crippen LogP contribution in [-0.2, 0) is 22.6 Å². The first-order valence-electron chi connectivity index (χ1n) is 7.30. The highest BCUT2D eigenvalue weighted by Crippen LogP contribution is 2.18. The molecule has 0 aliphatic carbocycles. The van der Waals surface area contributed by atoms with Crippen LogP contribution in [0.5, 0.6) is 0 Å². The van der Waals surface area contributed by atoms with Crippen molar-refractivity contribution in [1.82, 2.24) is 5.32 Å². The Morgan fingerprint density at radius 2 is 1.57 bits per heavy atom. The Bertz CT molecular complexity index is 583. The van der Waals surface area contributed by atoms with E-state index in [1.807, 2.05) is 48.5 Å². The van der Waals surface area contributed by atoms with Crippen molar-refractivity contribution in [3.05, 3.63) is 71.8 Å². The van der Waals surface area contributed by atoms with E-state index in [-0.39, 0.29) is 18.1 Å². The van der Waals surface area contributed by atoms with E-state index in [0.29, 0.717) is 13.0 Å². The molecule has 1 amide bonds. The van der Waals surface area contributed by atoms with Gasteiger partial charge in [0.15, 0.2) is 0 Å². The van der Waals surface area contributed by atoms with Gasteiger partial charge in [-0.15, -0.1) is 0 Å². The van der Waals surface area contributed by atoms with Gasteiger partial charge in [0.25, 0.3) is 0 Å². The van der Waals surface area contributed by atoms with Crippen LogP contribution < -0.4 is 5.32 Å². The summed E-state index contributed by atoms with van der Waals surface area (Å²) in [6.45, 7) is 0.547. The standard InChI is InChI=1S/C18H19NO2/c20-18-12-17(21-13-15-9-5-2-6-10-15)16(19-18)11-14-7-3-1-4-8-14/h1-10,16-17H,11-13H2,(H,19,20)/t16-,17+/m0/s1. The Hall–Kier alpha value is -2.13. The average molecular weight is 281 g/mol. The topological polar surface area (TPSA) is 38.3 Å². The Morgan fingerprint density at radius 1 is 0.952 bits per heavy atom. The Morgan fingerprint density at radius 3 is 2.24 bits per heavy atom. The van der Waals surface area contributed by atoms with Crippen LogP contribution in [0.4, 0.5) is 0 Å². The number of amides is 1. The third-order valence-corrected chi connectivity index (χ3v) is 3.79. The molecule has 0 aromatic heterocycles. The van der Waals surface area contributed by atoms with Gasteiger partial charge in [-0.3, -0.25) is 4.79 Å². The molecular formula is C18H19NO2. The molecule has 2 atom stereocenters. The lowest BCUT2D eigenvalue weighted by Crippen LogP contribution is -2.35. The van der Waals surface area contributed by atoms with Crippen LogP contribution in [-0.4, -0.2) is 18.1 Å². The summed E-state index contributed by atoms with van der Waals surface area (Å²) in [6, 6.07) is 20.3. The molecule has 1 aliphatic heterocycles. The molecule has 3 rings (SSSR count). The molecule has 108 valence electrons. The highest BCUT2D eigenvalue weighted by Gasteiger charge is 2.33. The number of carbonyl (C=O) groups is 1. The number of hydrogen-bond donors (Lipinski definition) is 1. The van der Waals surface area contributed by atoms with Crippen LogP contribution in [0.1, 0.15) is 17.5 Å². The largest absolute Gasteiger partial charge is 0.371 e. The smallest absolute Gasteiger partial charge is 0.223 e. The van der Waals surface area contributed by atoms with E-state index in [4.69, 9.17) is 4.74 Å². The molecule has 1 heterocycles. The van der Waals surface area contributed by atoms with E-state index >= 15 is 0 Å². The zero-order chi connectivity index (χ0) is 14.5. The number of nitrogens with one attached hydrogen (secondary N) is 1. The Balaban J connectivity index is 1.61. The monoisotopic (exact) mass is 281 g/mol. The van der Waals surface area contributed by atoms with Gasteiger partial charge in [0.05, 0.1) is 25.2 Å². The third-order valence-electron chi connectivity index (χ3n) is 3.79. The second-order valence-electron chi connectivity index (χ2n) is 5.40. The number of carbonyl (C=O) groups excluding carboxylic acids is 1. The minimum absolute atomic E-state index is 0.0575. The van der Waals surface area contributed by atoms with E-state index in [0.717, 1.165) is 12.0 Å². The quantitative estimate of drug-likeness (QED) is 0.915. The third kappa shape index (κ3) is 3.70. The first-order valence-corrected chi connectivity index (χ1v) is 7.30. The summed E-state index contributed by atoms with van der Waals surface area (Å²) in [5.41, 5.74) is 2.35. The van der Waals surface area contributed by atoms with E-state index in [1.54, 1.807) is 0 Å². The van der Waals surface area contributed by atoms with Gasteiger partial charge in [-0.05, 0) is 17.5 Å². The second-order valence-corrected chi connectivity index (χ2v) is 5.40. The highest BCUT2D eigenvalue weighted by molar-refractivity contribution is 5.79. The summed E-state index contributed by atoms with van der Waals surface area (Å²) in [5.74, 6) is 0.0778. The Kier molecular flexibility index (Phi) is 4.31. The van der Waals surface area contributed by atoms with Crippen LogP contribution in [0.15, 0.2) is 60.7 Å². The van der Waals surface area contributed by atoms with Gasteiger partial charge in [0.1, 0.15) is 0 Å². The fourth-order valence-electron chi connectivity index (χ4n) is 2.69. The molecule has 2 aromatic carbocycles. The van der Waals surface area contributed by atoms with Gasteiger partial charge in [-0.2, -0.15) is 0 Å². The molecule has 1 saturated heterocycles. The fourth-order valence-corrected chi connectivity index (χ4v) is 2.69. The molecule has 2 aromatic rings. The van der Waals surface area contributed by atoms with Gasteiger partial charge in [-0.1, -0.05) is 60.7 Å².